The molecular formula is C11H18N4O. The summed E-state index contributed by atoms with van der Waals surface area (Å²) in [5.74, 6) is 2.51. The molecule has 0 atom stereocenters. The number of ether oxygens (including phenoxy) is 1. The highest BCUT2D eigenvalue weighted by Crippen LogP contribution is 2.10. The number of hydrogen-bond donors (Lipinski definition) is 0. The van der Waals surface area contributed by atoms with Crippen molar-refractivity contribution in [1.29, 1.82) is 0 Å². The van der Waals surface area contributed by atoms with Crippen LogP contribution in [0.5, 0.6) is 0 Å². The third-order valence-corrected chi connectivity index (χ3v) is 2.55. The van der Waals surface area contributed by atoms with Crippen molar-refractivity contribution < 1.29 is 4.74 Å². The predicted octanol–water partition coefficient (Wildman–Crippen LogP) is 0.969. The maximum Gasteiger partial charge on any atom is 0.229 e. The Bertz CT molecular complexity index is 350. The van der Waals surface area contributed by atoms with Gasteiger partial charge in [0.2, 0.25) is 5.95 Å². The van der Waals surface area contributed by atoms with Crippen LogP contribution in [0, 0.1) is 6.92 Å². The maximum atomic E-state index is 5.32. The van der Waals surface area contributed by atoms with Gasteiger partial charge in [-0.25, -0.2) is 4.98 Å². The normalized spacial score (nSPS) is 16.5. The summed E-state index contributed by atoms with van der Waals surface area (Å²) in [5, 5.41) is 0. The highest BCUT2D eigenvalue weighted by molar-refractivity contribution is 5.30. The number of aromatic nitrogens is 3. The van der Waals surface area contributed by atoms with Crippen LogP contribution in [0.2, 0.25) is 0 Å². The van der Waals surface area contributed by atoms with Crippen LogP contribution in [0.1, 0.15) is 25.0 Å². The van der Waals surface area contributed by atoms with Gasteiger partial charge in [-0.2, -0.15) is 9.97 Å². The Hall–Kier alpha value is -1.23. The summed E-state index contributed by atoms with van der Waals surface area (Å²) < 4.78 is 5.32. The van der Waals surface area contributed by atoms with Crippen LogP contribution in [0.25, 0.3) is 0 Å². The Kier molecular flexibility index (Phi) is 3.66. The van der Waals surface area contributed by atoms with E-state index in [9.17, 15) is 0 Å². The molecule has 0 aliphatic carbocycles. The summed E-state index contributed by atoms with van der Waals surface area (Å²) in [5.41, 5.74) is 0. The average molecular weight is 222 g/mol. The SMILES string of the molecule is CCCc1nc(C)nc(N2CCOCC2)n1. The fourth-order valence-corrected chi connectivity index (χ4v) is 1.76. The van der Waals surface area contributed by atoms with Gasteiger partial charge >= 0.3 is 0 Å². The Labute approximate surface area is 95.9 Å². The maximum absolute atomic E-state index is 5.32. The lowest BCUT2D eigenvalue weighted by atomic mass is 10.3. The first-order chi connectivity index (χ1) is 7.79. The van der Waals surface area contributed by atoms with Crippen LogP contribution in [0.15, 0.2) is 0 Å². The minimum Gasteiger partial charge on any atom is -0.378 e. The van der Waals surface area contributed by atoms with E-state index in [1.165, 1.54) is 0 Å². The second-order valence-electron chi connectivity index (χ2n) is 3.95. The second kappa shape index (κ2) is 5.21. The second-order valence-corrected chi connectivity index (χ2v) is 3.95. The first-order valence-corrected chi connectivity index (χ1v) is 5.84. The third-order valence-electron chi connectivity index (χ3n) is 2.55. The number of hydrogen-bond acceptors (Lipinski definition) is 5. The fraction of sp³-hybridized carbons (Fsp3) is 0.727. The zero-order valence-corrected chi connectivity index (χ0v) is 9.94. The number of morpholine rings is 1. The predicted molar refractivity (Wildman–Crippen MR) is 61.6 cm³/mol. The molecule has 1 aromatic heterocycles. The molecule has 0 radical (unpaired) electrons. The van der Waals surface area contributed by atoms with Crippen molar-refractivity contribution in [2.75, 3.05) is 31.2 Å². The van der Waals surface area contributed by atoms with Crippen LogP contribution >= 0.6 is 0 Å². The lowest BCUT2D eigenvalue weighted by Gasteiger charge is -2.26. The molecule has 1 fully saturated rings. The van der Waals surface area contributed by atoms with E-state index in [0.29, 0.717) is 0 Å². The van der Waals surface area contributed by atoms with Gasteiger partial charge in [0.1, 0.15) is 11.6 Å². The summed E-state index contributed by atoms with van der Waals surface area (Å²) in [6, 6.07) is 0. The number of nitrogens with zero attached hydrogens (tertiary/aromatic N) is 4. The Morgan fingerprint density at radius 2 is 1.94 bits per heavy atom. The van der Waals surface area contributed by atoms with E-state index in [0.717, 1.165) is 56.7 Å². The van der Waals surface area contributed by atoms with Crippen LogP contribution in [0.4, 0.5) is 5.95 Å². The minimum absolute atomic E-state index is 0.758. The molecule has 1 saturated heterocycles. The number of rotatable bonds is 3. The van der Waals surface area contributed by atoms with Crippen molar-refractivity contribution in [3.63, 3.8) is 0 Å². The molecule has 0 N–H and O–H groups in total. The quantitative estimate of drug-likeness (QED) is 0.762. The zero-order chi connectivity index (χ0) is 11.4. The molecule has 1 aromatic rings. The van der Waals surface area contributed by atoms with Gasteiger partial charge in [-0.3, -0.25) is 0 Å². The fourth-order valence-electron chi connectivity index (χ4n) is 1.76. The van der Waals surface area contributed by atoms with Crippen LogP contribution < -0.4 is 4.90 Å². The molecule has 16 heavy (non-hydrogen) atoms. The Balaban J connectivity index is 2.18. The summed E-state index contributed by atoms with van der Waals surface area (Å²) in [6.45, 7) is 7.31. The van der Waals surface area contributed by atoms with E-state index < -0.39 is 0 Å². The zero-order valence-electron chi connectivity index (χ0n) is 9.94. The number of aryl methyl sites for hydroxylation is 2. The molecule has 0 saturated carbocycles. The summed E-state index contributed by atoms with van der Waals surface area (Å²) in [7, 11) is 0. The van der Waals surface area contributed by atoms with Crippen molar-refractivity contribution in [2.45, 2.75) is 26.7 Å². The van der Waals surface area contributed by atoms with Gasteiger partial charge in [0.15, 0.2) is 0 Å². The molecular weight excluding hydrogens is 204 g/mol. The van der Waals surface area contributed by atoms with Gasteiger partial charge in [-0.05, 0) is 13.3 Å². The lowest BCUT2D eigenvalue weighted by Crippen LogP contribution is -2.37. The van der Waals surface area contributed by atoms with Gasteiger partial charge in [0.05, 0.1) is 13.2 Å². The van der Waals surface area contributed by atoms with E-state index in [-0.39, 0.29) is 0 Å². The lowest BCUT2D eigenvalue weighted by molar-refractivity contribution is 0.122. The monoisotopic (exact) mass is 222 g/mol. The van der Waals surface area contributed by atoms with Crippen LogP contribution in [-0.2, 0) is 11.2 Å². The summed E-state index contributed by atoms with van der Waals surface area (Å²) >= 11 is 0. The van der Waals surface area contributed by atoms with E-state index in [2.05, 4.69) is 26.8 Å². The number of anilines is 1. The molecule has 2 rings (SSSR count). The largest absolute Gasteiger partial charge is 0.378 e. The highest BCUT2D eigenvalue weighted by atomic mass is 16.5. The third kappa shape index (κ3) is 2.66. The molecule has 88 valence electrons. The minimum atomic E-state index is 0.758. The molecule has 0 unspecified atom stereocenters. The van der Waals surface area contributed by atoms with Crippen molar-refractivity contribution in [2.24, 2.45) is 0 Å². The molecule has 0 aromatic carbocycles. The van der Waals surface area contributed by atoms with Gasteiger partial charge in [0, 0.05) is 19.5 Å². The van der Waals surface area contributed by atoms with Crippen molar-refractivity contribution in [3.8, 4) is 0 Å². The van der Waals surface area contributed by atoms with E-state index in [1.54, 1.807) is 0 Å². The van der Waals surface area contributed by atoms with Gasteiger partial charge in [-0.1, -0.05) is 6.92 Å². The average Bonchev–Trinajstić information content (AvgIpc) is 2.30. The molecule has 0 spiro atoms. The smallest absolute Gasteiger partial charge is 0.229 e. The topological polar surface area (TPSA) is 51.1 Å². The molecule has 0 bridgehead atoms. The molecule has 1 aliphatic rings. The molecule has 5 heteroatoms. The van der Waals surface area contributed by atoms with Gasteiger partial charge in [0.25, 0.3) is 0 Å². The first kappa shape index (κ1) is 11.3. The van der Waals surface area contributed by atoms with E-state index in [4.69, 9.17) is 4.74 Å². The van der Waals surface area contributed by atoms with Crippen LogP contribution in [0.3, 0.4) is 0 Å². The standard InChI is InChI=1S/C11H18N4O/c1-3-4-10-12-9(2)13-11(14-10)15-5-7-16-8-6-15/h3-8H2,1-2H3. The van der Waals surface area contributed by atoms with Gasteiger partial charge < -0.3 is 9.64 Å². The molecule has 2 heterocycles. The summed E-state index contributed by atoms with van der Waals surface area (Å²) in [6.07, 6.45) is 1.98. The van der Waals surface area contributed by atoms with E-state index in [1.807, 2.05) is 6.92 Å². The van der Waals surface area contributed by atoms with E-state index >= 15 is 0 Å². The molecule has 5 nitrogen and oxygen atoms in total. The van der Waals surface area contributed by atoms with Gasteiger partial charge in [-0.15, -0.1) is 0 Å². The molecule has 0 amide bonds. The Morgan fingerprint density at radius 1 is 1.19 bits per heavy atom. The molecule has 1 aliphatic heterocycles. The van der Waals surface area contributed by atoms with Crippen molar-refractivity contribution in [1.82, 2.24) is 15.0 Å². The van der Waals surface area contributed by atoms with Crippen molar-refractivity contribution >= 4 is 5.95 Å². The first-order valence-electron chi connectivity index (χ1n) is 5.84. The summed E-state index contributed by atoms with van der Waals surface area (Å²) in [4.78, 5) is 15.4. The van der Waals surface area contributed by atoms with Crippen molar-refractivity contribution in [3.05, 3.63) is 11.6 Å². The Morgan fingerprint density at radius 3 is 2.62 bits per heavy atom. The van der Waals surface area contributed by atoms with Crippen LogP contribution in [-0.4, -0.2) is 41.3 Å². The highest BCUT2D eigenvalue weighted by Gasteiger charge is 2.15.